The van der Waals surface area contributed by atoms with Gasteiger partial charge >= 0.3 is 0 Å². The van der Waals surface area contributed by atoms with Gasteiger partial charge in [-0.05, 0) is 55.0 Å². The van der Waals surface area contributed by atoms with Gasteiger partial charge in [-0.3, -0.25) is 9.59 Å². The van der Waals surface area contributed by atoms with Gasteiger partial charge in [0, 0.05) is 34.5 Å². The minimum Gasteiger partial charge on any atom is -0.497 e. The van der Waals surface area contributed by atoms with Crippen molar-refractivity contribution in [3.63, 3.8) is 0 Å². The quantitative estimate of drug-likeness (QED) is 0.512. The first-order valence-corrected chi connectivity index (χ1v) is 10.2. The summed E-state index contributed by atoms with van der Waals surface area (Å²) in [5.41, 5.74) is 2.28. The van der Waals surface area contributed by atoms with E-state index in [0.717, 1.165) is 17.0 Å². The van der Waals surface area contributed by atoms with Crippen LogP contribution in [0.4, 0.5) is 5.13 Å². The zero-order valence-corrected chi connectivity index (χ0v) is 17.3. The molecule has 1 aromatic heterocycles. The molecule has 0 atom stereocenters. The van der Waals surface area contributed by atoms with Crippen LogP contribution in [0, 0.1) is 0 Å². The first-order valence-electron chi connectivity index (χ1n) is 8.99. The lowest BCUT2D eigenvalue weighted by molar-refractivity contribution is -0.116. The third-order valence-corrected chi connectivity index (χ3v) is 5.12. The van der Waals surface area contributed by atoms with Gasteiger partial charge in [-0.2, -0.15) is 0 Å². The SMILES string of the molecule is COc1ccc(-c2csc(NC(=O)CCCNC(=O)c3ccc(Cl)cc3)n2)cc1. The molecule has 2 amide bonds. The minimum atomic E-state index is -0.189. The summed E-state index contributed by atoms with van der Waals surface area (Å²) in [6.45, 7) is 0.407. The molecule has 6 nitrogen and oxygen atoms in total. The molecule has 0 bridgehead atoms. The number of ether oxygens (including phenoxy) is 1. The van der Waals surface area contributed by atoms with Crippen molar-refractivity contribution in [2.24, 2.45) is 0 Å². The highest BCUT2D eigenvalue weighted by molar-refractivity contribution is 7.14. The third-order valence-electron chi connectivity index (χ3n) is 4.11. The normalized spacial score (nSPS) is 10.4. The van der Waals surface area contributed by atoms with E-state index in [1.807, 2.05) is 29.6 Å². The van der Waals surface area contributed by atoms with E-state index < -0.39 is 0 Å². The van der Waals surface area contributed by atoms with E-state index in [1.54, 1.807) is 31.4 Å². The van der Waals surface area contributed by atoms with Crippen molar-refractivity contribution < 1.29 is 14.3 Å². The van der Waals surface area contributed by atoms with Gasteiger partial charge in [-0.1, -0.05) is 11.6 Å². The van der Waals surface area contributed by atoms with Crippen LogP contribution >= 0.6 is 22.9 Å². The van der Waals surface area contributed by atoms with Crippen molar-refractivity contribution in [3.8, 4) is 17.0 Å². The molecule has 0 aliphatic rings. The molecule has 29 heavy (non-hydrogen) atoms. The standard InChI is InChI=1S/C21H20ClN3O3S/c1-28-17-10-6-14(7-11-17)18-13-29-21(24-18)25-19(26)3-2-12-23-20(27)15-4-8-16(22)9-5-15/h4-11,13H,2-3,12H2,1H3,(H,23,27)(H,24,25,26). The number of nitrogens with one attached hydrogen (secondary N) is 2. The fourth-order valence-electron chi connectivity index (χ4n) is 2.56. The zero-order chi connectivity index (χ0) is 20.6. The summed E-state index contributed by atoms with van der Waals surface area (Å²) < 4.78 is 5.15. The lowest BCUT2D eigenvalue weighted by atomic mass is 10.2. The Balaban J connectivity index is 1.42. The Morgan fingerprint density at radius 1 is 1.10 bits per heavy atom. The Kier molecular flexibility index (Phi) is 7.21. The van der Waals surface area contributed by atoms with E-state index in [4.69, 9.17) is 16.3 Å². The average molecular weight is 430 g/mol. The second kappa shape index (κ2) is 10.0. The summed E-state index contributed by atoms with van der Waals surface area (Å²) in [5.74, 6) is 0.452. The second-order valence-electron chi connectivity index (χ2n) is 6.18. The predicted octanol–water partition coefficient (Wildman–Crippen LogP) is 4.62. The number of halogens is 1. The van der Waals surface area contributed by atoms with Crippen LogP contribution in [0.2, 0.25) is 5.02 Å². The topological polar surface area (TPSA) is 80.3 Å². The summed E-state index contributed by atoms with van der Waals surface area (Å²) in [6.07, 6.45) is 0.820. The van der Waals surface area contributed by atoms with Crippen LogP contribution in [0.1, 0.15) is 23.2 Å². The molecule has 8 heteroatoms. The van der Waals surface area contributed by atoms with Crippen LogP contribution in [-0.4, -0.2) is 30.5 Å². The van der Waals surface area contributed by atoms with E-state index in [0.29, 0.717) is 35.1 Å². The molecule has 0 unspecified atom stereocenters. The highest BCUT2D eigenvalue weighted by Crippen LogP contribution is 2.26. The Morgan fingerprint density at radius 3 is 2.52 bits per heavy atom. The van der Waals surface area contributed by atoms with E-state index in [2.05, 4.69) is 15.6 Å². The summed E-state index contributed by atoms with van der Waals surface area (Å²) in [4.78, 5) is 28.5. The summed E-state index contributed by atoms with van der Waals surface area (Å²) >= 11 is 7.18. The maximum Gasteiger partial charge on any atom is 0.251 e. The first-order chi connectivity index (χ1) is 14.0. The van der Waals surface area contributed by atoms with E-state index >= 15 is 0 Å². The Labute approximate surface area is 177 Å². The van der Waals surface area contributed by atoms with Crippen LogP contribution in [0.5, 0.6) is 5.75 Å². The molecule has 3 rings (SSSR count). The number of thiazole rings is 1. The van der Waals surface area contributed by atoms with Crippen molar-refractivity contribution in [2.45, 2.75) is 12.8 Å². The number of rotatable bonds is 8. The molecule has 3 aromatic rings. The first kappa shape index (κ1) is 20.8. The smallest absolute Gasteiger partial charge is 0.251 e. The lowest BCUT2D eigenvalue weighted by Gasteiger charge is -2.05. The Hall–Kier alpha value is -2.90. The van der Waals surface area contributed by atoms with Crippen molar-refractivity contribution in [3.05, 3.63) is 64.5 Å². The number of anilines is 1. The van der Waals surface area contributed by atoms with E-state index in [9.17, 15) is 9.59 Å². The molecule has 2 aromatic carbocycles. The maximum atomic E-state index is 12.1. The van der Waals surface area contributed by atoms with E-state index in [1.165, 1.54) is 11.3 Å². The number of hydrogen-bond donors (Lipinski definition) is 2. The van der Waals surface area contributed by atoms with Gasteiger partial charge in [0.15, 0.2) is 5.13 Å². The number of nitrogens with zero attached hydrogens (tertiary/aromatic N) is 1. The number of amides is 2. The molecule has 0 saturated carbocycles. The minimum absolute atomic E-state index is 0.138. The third kappa shape index (κ3) is 6.04. The van der Waals surface area contributed by atoms with Gasteiger partial charge in [0.1, 0.15) is 5.75 Å². The number of benzene rings is 2. The second-order valence-corrected chi connectivity index (χ2v) is 7.48. The van der Waals surface area contributed by atoms with Gasteiger partial charge in [0.25, 0.3) is 5.91 Å². The van der Waals surface area contributed by atoms with Crippen LogP contribution in [0.3, 0.4) is 0 Å². The molecule has 2 N–H and O–H groups in total. The fourth-order valence-corrected chi connectivity index (χ4v) is 3.42. The molecule has 0 aliphatic heterocycles. The van der Waals surface area contributed by atoms with Crippen LogP contribution < -0.4 is 15.4 Å². The average Bonchev–Trinajstić information content (AvgIpc) is 3.20. The molecule has 0 radical (unpaired) electrons. The highest BCUT2D eigenvalue weighted by atomic mass is 35.5. The van der Waals surface area contributed by atoms with Crippen molar-refractivity contribution in [1.82, 2.24) is 10.3 Å². The van der Waals surface area contributed by atoms with Crippen LogP contribution in [0.25, 0.3) is 11.3 Å². The number of methoxy groups -OCH3 is 1. The molecule has 0 saturated heterocycles. The molecule has 1 heterocycles. The van der Waals surface area contributed by atoms with Crippen molar-refractivity contribution >= 4 is 39.9 Å². The van der Waals surface area contributed by atoms with E-state index in [-0.39, 0.29) is 11.8 Å². The monoisotopic (exact) mass is 429 g/mol. The molecular formula is C21H20ClN3O3S. The van der Waals surface area contributed by atoms with Crippen molar-refractivity contribution in [1.29, 1.82) is 0 Å². The number of carbonyl (C=O) groups is 2. The lowest BCUT2D eigenvalue weighted by Crippen LogP contribution is -2.25. The maximum absolute atomic E-state index is 12.1. The molecule has 0 spiro atoms. The molecule has 150 valence electrons. The molecule has 0 aliphatic carbocycles. The number of hydrogen-bond acceptors (Lipinski definition) is 5. The number of carbonyl (C=O) groups excluding carboxylic acids is 2. The molecular weight excluding hydrogens is 410 g/mol. The van der Waals surface area contributed by atoms with Gasteiger partial charge in [0.05, 0.1) is 12.8 Å². The van der Waals surface area contributed by atoms with Gasteiger partial charge < -0.3 is 15.4 Å². The molecule has 0 fully saturated rings. The van der Waals surface area contributed by atoms with Crippen LogP contribution in [0.15, 0.2) is 53.9 Å². The van der Waals surface area contributed by atoms with Gasteiger partial charge in [0.2, 0.25) is 5.91 Å². The predicted molar refractivity (Wildman–Crippen MR) is 116 cm³/mol. The highest BCUT2D eigenvalue weighted by Gasteiger charge is 2.09. The summed E-state index contributed by atoms with van der Waals surface area (Å²) in [6, 6.07) is 14.2. The summed E-state index contributed by atoms with van der Waals surface area (Å²) in [7, 11) is 1.62. The largest absolute Gasteiger partial charge is 0.497 e. The number of aromatic nitrogens is 1. The van der Waals surface area contributed by atoms with Crippen molar-refractivity contribution in [2.75, 3.05) is 19.0 Å². The fraction of sp³-hybridized carbons (Fsp3) is 0.190. The zero-order valence-electron chi connectivity index (χ0n) is 15.8. The Bertz CT molecular complexity index is 972. The van der Waals surface area contributed by atoms with Crippen LogP contribution in [-0.2, 0) is 4.79 Å². The van der Waals surface area contributed by atoms with Gasteiger partial charge in [-0.25, -0.2) is 4.98 Å². The van der Waals surface area contributed by atoms with Gasteiger partial charge in [-0.15, -0.1) is 11.3 Å². The summed E-state index contributed by atoms with van der Waals surface area (Å²) in [5, 5.41) is 8.60. The Morgan fingerprint density at radius 2 is 1.83 bits per heavy atom.